The number of hydrogen-bond donors (Lipinski definition) is 0. The van der Waals surface area contributed by atoms with Gasteiger partial charge in [0.2, 0.25) is 0 Å². The molecule has 0 radical (unpaired) electrons. The van der Waals surface area contributed by atoms with Gasteiger partial charge >= 0.3 is 0 Å². The molecular weight excluding hydrogens is 841 g/mol. The van der Waals surface area contributed by atoms with Gasteiger partial charge in [-0.15, -0.1) is 0 Å². The largest absolute Gasteiger partial charge is 0.488 e. The molecule has 0 N–H and O–H groups in total. The number of hydrogen-bond acceptors (Lipinski definition) is 6. The topological polar surface area (TPSA) is 93.9 Å². The number of nitrogens with zero attached hydrogens (tertiary/aromatic N) is 5. The van der Waals surface area contributed by atoms with Crippen molar-refractivity contribution >= 4 is 52.1 Å². The molecule has 0 bridgehead atoms. The molecule has 0 amide bonds. The molecule has 17 heteroatoms. The van der Waals surface area contributed by atoms with Crippen LogP contribution in [-0.4, -0.2) is 43.3 Å². The van der Waals surface area contributed by atoms with Crippen LogP contribution in [0.25, 0.3) is 22.3 Å². The van der Waals surface area contributed by atoms with Gasteiger partial charge in [-0.25, -0.2) is 22.5 Å². The molecule has 1 atom stereocenters. The number of oxime groups is 1. The van der Waals surface area contributed by atoms with Crippen LogP contribution >= 0.6 is 46.4 Å². The highest BCUT2D eigenvalue weighted by molar-refractivity contribution is 6.34. The third-order valence-electron chi connectivity index (χ3n) is 10.0. The van der Waals surface area contributed by atoms with E-state index < -0.39 is 17.2 Å². The Morgan fingerprint density at radius 1 is 0.759 bits per heavy atom. The fourth-order valence-corrected chi connectivity index (χ4v) is 8.18. The number of fused-ring (bicyclic) bond motifs is 2. The van der Waals surface area contributed by atoms with E-state index in [0.29, 0.717) is 44.1 Å². The maximum Gasteiger partial charge on any atom is 0.276 e. The first-order chi connectivity index (χ1) is 27.7. The quantitative estimate of drug-likeness (QED) is 0.138. The lowest BCUT2D eigenvalue weighted by Gasteiger charge is -2.22. The molecule has 10 nitrogen and oxygen atoms in total. The molecular formula is C41H38Cl4F3N5O5. The number of benzene rings is 3. The summed E-state index contributed by atoms with van der Waals surface area (Å²) in [6.07, 6.45) is 4.01. The van der Waals surface area contributed by atoms with Crippen LogP contribution in [0, 0.1) is 17.5 Å². The molecule has 3 aromatic carbocycles. The van der Waals surface area contributed by atoms with Gasteiger partial charge in [-0.2, -0.15) is 0 Å². The molecule has 8 rings (SSSR count). The average Bonchev–Trinajstić information content (AvgIpc) is 3.80. The second kappa shape index (κ2) is 17.0. The number of halogens is 7. The Labute approximate surface area is 351 Å². The van der Waals surface area contributed by atoms with E-state index in [4.69, 9.17) is 60.7 Å². The standard InChI is InChI=1S/C24H21Cl2F2N3O3.C17H17Cl2FN2O2/c1-24(12-19(29-34-24)14-4-6-15(27)7-5-14)13-33-20-10-16(18(28)11-17(20)25)21-22(26)30-8-2-3-9-31(30)23(21)32;1-10(2)9-24-14-7-11(13(20)8-12(14)18)15-16(19)21-5-3-4-6-22(21)17(15)23/h4-7,10-11H,2-3,8-9,12-13H2,1H3;7-8H,1,3-6,9H2,2H3. The lowest BCUT2D eigenvalue weighted by atomic mass is 9.97. The lowest BCUT2D eigenvalue weighted by Crippen LogP contribution is -2.32. The zero-order valence-electron chi connectivity index (χ0n) is 31.5. The molecule has 1 unspecified atom stereocenters. The van der Waals surface area contributed by atoms with Gasteiger partial charge in [0.15, 0.2) is 5.60 Å². The molecule has 306 valence electrons. The van der Waals surface area contributed by atoms with Crippen molar-refractivity contribution in [3.05, 3.63) is 125 Å². The molecule has 2 aromatic heterocycles. The Kier molecular flexibility index (Phi) is 12.2. The van der Waals surface area contributed by atoms with Crippen LogP contribution in [0.4, 0.5) is 13.2 Å². The molecule has 0 fully saturated rings. The van der Waals surface area contributed by atoms with E-state index in [1.165, 1.54) is 28.9 Å². The second-order valence-electron chi connectivity index (χ2n) is 14.7. The normalized spacial score (nSPS) is 17.1. The first-order valence-electron chi connectivity index (χ1n) is 18.5. The van der Waals surface area contributed by atoms with Crippen LogP contribution in [0.15, 0.2) is 75.4 Å². The van der Waals surface area contributed by atoms with Crippen molar-refractivity contribution in [2.45, 2.75) is 77.7 Å². The summed E-state index contributed by atoms with van der Waals surface area (Å²) in [4.78, 5) is 31.2. The summed E-state index contributed by atoms with van der Waals surface area (Å²) in [5, 5.41) is 4.75. The van der Waals surface area contributed by atoms with E-state index in [1.54, 1.807) is 26.2 Å². The highest BCUT2D eigenvalue weighted by atomic mass is 35.5. The average molecular weight is 880 g/mol. The van der Waals surface area contributed by atoms with Crippen molar-refractivity contribution in [1.29, 1.82) is 0 Å². The van der Waals surface area contributed by atoms with Crippen molar-refractivity contribution < 1.29 is 27.5 Å². The Balaban J connectivity index is 0.000000188. The minimum absolute atomic E-state index is 0.0320. The predicted molar refractivity (Wildman–Crippen MR) is 220 cm³/mol. The van der Waals surface area contributed by atoms with Crippen LogP contribution in [0.3, 0.4) is 0 Å². The maximum absolute atomic E-state index is 14.9. The van der Waals surface area contributed by atoms with Crippen molar-refractivity contribution in [1.82, 2.24) is 18.7 Å². The van der Waals surface area contributed by atoms with Crippen molar-refractivity contribution in [2.24, 2.45) is 5.16 Å². The molecule has 5 aromatic rings. The molecule has 0 spiro atoms. The van der Waals surface area contributed by atoms with Crippen LogP contribution in [0.5, 0.6) is 11.5 Å². The smallest absolute Gasteiger partial charge is 0.276 e. The maximum atomic E-state index is 14.9. The number of rotatable bonds is 9. The first-order valence-corrected chi connectivity index (χ1v) is 20.0. The predicted octanol–water partition coefficient (Wildman–Crippen LogP) is 10.2. The van der Waals surface area contributed by atoms with Gasteiger partial charge in [0.25, 0.3) is 11.1 Å². The van der Waals surface area contributed by atoms with E-state index in [-0.39, 0.29) is 78.5 Å². The zero-order chi connectivity index (χ0) is 41.5. The van der Waals surface area contributed by atoms with Gasteiger partial charge in [-0.05, 0) is 87.1 Å². The van der Waals surface area contributed by atoms with Gasteiger partial charge in [0, 0.05) is 43.7 Å². The van der Waals surface area contributed by atoms with Crippen LogP contribution in [-0.2, 0) is 31.0 Å². The minimum atomic E-state index is -0.811. The molecule has 5 heterocycles. The minimum Gasteiger partial charge on any atom is -0.488 e. The molecule has 3 aliphatic heterocycles. The summed E-state index contributed by atoms with van der Waals surface area (Å²) in [5.74, 6) is -1.11. The summed E-state index contributed by atoms with van der Waals surface area (Å²) >= 11 is 25.1. The fraction of sp³-hybridized carbons (Fsp3) is 0.341. The third kappa shape index (κ3) is 8.32. The lowest BCUT2D eigenvalue weighted by molar-refractivity contribution is -0.0356. The Bertz CT molecular complexity index is 2560. The van der Waals surface area contributed by atoms with Gasteiger partial charge in [0.05, 0.1) is 26.9 Å². The van der Waals surface area contributed by atoms with Gasteiger partial charge < -0.3 is 14.3 Å². The van der Waals surface area contributed by atoms with E-state index >= 15 is 0 Å². The summed E-state index contributed by atoms with van der Waals surface area (Å²) < 4.78 is 60.5. The SMILES string of the molecule is C=C(C)COc1cc(-c2c(Cl)n3n(c2=O)CCCC3)c(F)cc1Cl.CC1(COc2cc(-c3c(Cl)n4n(c3=O)CCCC4)c(F)cc2Cl)CC(c2ccc(F)cc2)=NO1. The third-order valence-corrected chi connectivity index (χ3v) is 11.4. The Morgan fingerprint density at radius 2 is 1.22 bits per heavy atom. The van der Waals surface area contributed by atoms with Crippen LogP contribution < -0.4 is 20.6 Å². The Hall–Kier alpha value is -4.56. The highest BCUT2D eigenvalue weighted by Gasteiger charge is 2.36. The molecule has 3 aliphatic rings. The Morgan fingerprint density at radius 3 is 1.69 bits per heavy atom. The van der Waals surface area contributed by atoms with Crippen LogP contribution in [0.2, 0.25) is 20.4 Å². The van der Waals surface area contributed by atoms with Crippen LogP contribution in [0.1, 0.15) is 51.5 Å². The molecule has 58 heavy (non-hydrogen) atoms. The highest BCUT2D eigenvalue weighted by Crippen LogP contribution is 2.38. The molecule has 0 saturated heterocycles. The summed E-state index contributed by atoms with van der Waals surface area (Å²) in [7, 11) is 0. The second-order valence-corrected chi connectivity index (χ2v) is 16.2. The van der Waals surface area contributed by atoms with Gasteiger partial charge in [-0.1, -0.05) is 70.3 Å². The summed E-state index contributed by atoms with van der Waals surface area (Å²) in [6.45, 7) is 10.0. The molecule has 0 aliphatic carbocycles. The van der Waals surface area contributed by atoms with E-state index in [9.17, 15) is 22.8 Å². The summed E-state index contributed by atoms with van der Waals surface area (Å²) in [5.41, 5.74) is 1.12. The monoisotopic (exact) mass is 877 g/mol. The van der Waals surface area contributed by atoms with Crippen molar-refractivity contribution in [3.8, 4) is 33.8 Å². The van der Waals surface area contributed by atoms with E-state index in [2.05, 4.69) is 11.7 Å². The number of ether oxygens (including phenoxy) is 2. The first kappa shape index (κ1) is 41.6. The van der Waals surface area contributed by atoms with Gasteiger partial charge in [0.1, 0.15) is 52.5 Å². The fourth-order valence-electron chi connectivity index (χ4n) is 7.06. The zero-order valence-corrected chi connectivity index (χ0v) is 34.6. The van der Waals surface area contributed by atoms with Crippen molar-refractivity contribution in [2.75, 3.05) is 13.2 Å². The summed E-state index contributed by atoms with van der Waals surface area (Å²) in [6, 6.07) is 11.1. The number of aromatic nitrogens is 4. The van der Waals surface area contributed by atoms with E-state index in [1.807, 2.05) is 13.8 Å². The van der Waals surface area contributed by atoms with Crippen molar-refractivity contribution in [3.63, 3.8) is 0 Å². The molecule has 0 saturated carbocycles. The van der Waals surface area contributed by atoms with Gasteiger partial charge in [-0.3, -0.25) is 19.0 Å². The van der Waals surface area contributed by atoms with E-state index in [0.717, 1.165) is 49.0 Å².